The number of carbonyl (C=O) groups excluding carboxylic acids is 1. The van der Waals surface area contributed by atoms with E-state index in [0.29, 0.717) is 18.8 Å². The minimum absolute atomic E-state index is 0.114. The van der Waals surface area contributed by atoms with Gasteiger partial charge in [0.15, 0.2) is 5.76 Å². The maximum absolute atomic E-state index is 13.0. The second-order valence-electron chi connectivity index (χ2n) is 8.07. The van der Waals surface area contributed by atoms with E-state index in [-0.39, 0.29) is 11.9 Å². The molecule has 0 saturated carbocycles. The van der Waals surface area contributed by atoms with Gasteiger partial charge >= 0.3 is 0 Å². The number of carbonyl (C=O) groups is 1. The first-order chi connectivity index (χ1) is 12.9. The monoisotopic (exact) mass is 371 g/mol. The van der Waals surface area contributed by atoms with E-state index in [2.05, 4.69) is 16.8 Å². The fourth-order valence-electron chi connectivity index (χ4n) is 4.36. The minimum Gasteiger partial charge on any atom is -0.451 e. The number of aliphatic hydroxyl groups excluding tert-OH is 1. The van der Waals surface area contributed by atoms with Crippen LogP contribution in [0.25, 0.3) is 11.0 Å². The van der Waals surface area contributed by atoms with Crippen LogP contribution in [0.1, 0.15) is 28.1 Å². The third-order valence-corrected chi connectivity index (χ3v) is 6.13. The van der Waals surface area contributed by atoms with Crippen LogP contribution in [0.3, 0.4) is 0 Å². The minimum atomic E-state index is -0.516. The molecule has 27 heavy (non-hydrogen) atoms. The zero-order chi connectivity index (χ0) is 19.1. The number of fused-ring (bicyclic) bond motifs is 1. The normalized spacial score (nSPS) is 25.3. The van der Waals surface area contributed by atoms with Crippen LogP contribution < -0.4 is 0 Å². The number of β-amino-alcohol motifs (C(OH)–C–C–N with tert-alkyl or cyclic N) is 1. The molecule has 2 atom stereocenters. The summed E-state index contributed by atoms with van der Waals surface area (Å²) in [5.41, 5.74) is 2.74. The number of aliphatic hydroxyl groups is 1. The first-order valence-electron chi connectivity index (χ1n) is 9.83. The summed E-state index contributed by atoms with van der Waals surface area (Å²) in [6.07, 6.45) is 0.285. The van der Waals surface area contributed by atoms with Gasteiger partial charge in [-0.2, -0.15) is 0 Å². The SMILES string of the molecule is Cc1ccc2c(C)c(C(=O)N3CC[C@@H](N4CCN(C)CC4)[C@H](O)C3)oc2c1. The maximum Gasteiger partial charge on any atom is 0.289 e. The Morgan fingerprint density at radius 3 is 2.59 bits per heavy atom. The molecule has 2 aromatic rings. The van der Waals surface area contributed by atoms with E-state index in [1.165, 1.54) is 0 Å². The van der Waals surface area contributed by atoms with Crippen molar-refractivity contribution in [1.29, 1.82) is 0 Å². The lowest BCUT2D eigenvalue weighted by atomic mass is 9.98. The van der Waals surface area contributed by atoms with Gasteiger partial charge in [0.1, 0.15) is 5.58 Å². The molecule has 1 amide bonds. The van der Waals surface area contributed by atoms with E-state index in [1.807, 2.05) is 32.0 Å². The van der Waals surface area contributed by atoms with E-state index < -0.39 is 6.10 Å². The number of furan rings is 1. The Bertz CT molecular complexity index is 839. The van der Waals surface area contributed by atoms with Crippen molar-refractivity contribution in [3.05, 3.63) is 35.1 Å². The summed E-state index contributed by atoms with van der Waals surface area (Å²) < 4.78 is 5.90. The van der Waals surface area contributed by atoms with Crippen LogP contribution in [0, 0.1) is 13.8 Å². The molecule has 6 heteroatoms. The third-order valence-electron chi connectivity index (χ3n) is 6.13. The molecule has 0 radical (unpaired) electrons. The number of rotatable bonds is 2. The molecule has 0 aliphatic carbocycles. The smallest absolute Gasteiger partial charge is 0.289 e. The van der Waals surface area contributed by atoms with Gasteiger partial charge in [-0.1, -0.05) is 12.1 Å². The Hall–Kier alpha value is -1.89. The fourth-order valence-corrected chi connectivity index (χ4v) is 4.36. The number of likely N-dealkylation sites (tertiary alicyclic amines) is 1. The van der Waals surface area contributed by atoms with E-state index in [1.54, 1.807) is 4.90 Å². The van der Waals surface area contributed by atoms with Crippen LogP contribution in [-0.2, 0) is 0 Å². The molecule has 1 aromatic heterocycles. The van der Waals surface area contributed by atoms with E-state index in [9.17, 15) is 9.90 Å². The van der Waals surface area contributed by atoms with Crippen molar-refractivity contribution in [1.82, 2.24) is 14.7 Å². The maximum atomic E-state index is 13.0. The molecule has 2 aliphatic heterocycles. The molecule has 1 N–H and O–H groups in total. The molecule has 6 nitrogen and oxygen atoms in total. The largest absolute Gasteiger partial charge is 0.451 e. The van der Waals surface area contributed by atoms with Gasteiger partial charge < -0.3 is 19.3 Å². The van der Waals surface area contributed by atoms with Crippen LogP contribution >= 0.6 is 0 Å². The Morgan fingerprint density at radius 1 is 1.15 bits per heavy atom. The summed E-state index contributed by atoms with van der Waals surface area (Å²) in [5, 5.41) is 11.7. The molecule has 0 bridgehead atoms. The molecule has 4 rings (SSSR count). The first kappa shape index (κ1) is 18.5. The van der Waals surface area contributed by atoms with Crippen molar-refractivity contribution in [3.63, 3.8) is 0 Å². The quantitative estimate of drug-likeness (QED) is 0.873. The summed E-state index contributed by atoms with van der Waals surface area (Å²) in [4.78, 5) is 19.5. The second-order valence-corrected chi connectivity index (χ2v) is 8.07. The van der Waals surface area contributed by atoms with Crippen LogP contribution in [0.4, 0.5) is 0 Å². The Labute approximate surface area is 160 Å². The summed E-state index contributed by atoms with van der Waals surface area (Å²) in [6.45, 7) is 8.99. The molecule has 2 aliphatic rings. The zero-order valence-electron chi connectivity index (χ0n) is 16.4. The summed E-state index contributed by atoms with van der Waals surface area (Å²) in [5.74, 6) is 0.290. The summed E-state index contributed by atoms with van der Waals surface area (Å²) in [6, 6.07) is 6.15. The zero-order valence-corrected chi connectivity index (χ0v) is 16.4. The molecule has 2 fully saturated rings. The number of benzene rings is 1. The van der Waals surface area contributed by atoms with Gasteiger partial charge in [-0.25, -0.2) is 0 Å². The van der Waals surface area contributed by atoms with Crippen molar-refractivity contribution in [2.24, 2.45) is 0 Å². The number of hydrogen-bond donors (Lipinski definition) is 1. The number of nitrogens with zero attached hydrogens (tertiary/aromatic N) is 3. The molecular formula is C21H29N3O3. The van der Waals surface area contributed by atoms with E-state index in [4.69, 9.17) is 4.42 Å². The lowest BCUT2D eigenvalue weighted by Crippen LogP contribution is -2.59. The Balaban J connectivity index is 1.47. The predicted molar refractivity (Wildman–Crippen MR) is 105 cm³/mol. The molecule has 3 heterocycles. The van der Waals surface area contributed by atoms with Crippen LogP contribution in [0.15, 0.2) is 22.6 Å². The van der Waals surface area contributed by atoms with Crippen molar-refractivity contribution in [2.45, 2.75) is 32.4 Å². The third kappa shape index (κ3) is 3.49. The van der Waals surface area contributed by atoms with Gasteiger partial charge in [-0.15, -0.1) is 0 Å². The Kier molecular flexibility index (Phi) is 4.97. The van der Waals surface area contributed by atoms with Crippen LogP contribution in [0.2, 0.25) is 0 Å². The van der Waals surface area contributed by atoms with Crippen molar-refractivity contribution in [3.8, 4) is 0 Å². The van der Waals surface area contributed by atoms with Gasteiger partial charge in [0, 0.05) is 56.3 Å². The van der Waals surface area contributed by atoms with Gasteiger partial charge in [0.2, 0.25) is 0 Å². The molecule has 146 valence electrons. The highest BCUT2D eigenvalue weighted by atomic mass is 16.3. The van der Waals surface area contributed by atoms with Crippen LogP contribution in [0.5, 0.6) is 0 Å². The van der Waals surface area contributed by atoms with Crippen molar-refractivity contribution < 1.29 is 14.3 Å². The number of aryl methyl sites for hydroxylation is 2. The van der Waals surface area contributed by atoms with E-state index >= 15 is 0 Å². The molecule has 1 aromatic carbocycles. The van der Waals surface area contributed by atoms with Crippen LogP contribution in [-0.4, -0.2) is 84.2 Å². The highest BCUT2D eigenvalue weighted by Gasteiger charge is 2.36. The average Bonchev–Trinajstić information content (AvgIpc) is 2.97. The molecule has 0 spiro atoms. The molecular weight excluding hydrogens is 342 g/mol. The van der Waals surface area contributed by atoms with Gasteiger partial charge in [-0.05, 0) is 38.9 Å². The highest BCUT2D eigenvalue weighted by molar-refractivity contribution is 5.99. The molecule has 0 unspecified atom stereocenters. The number of amides is 1. The fraction of sp³-hybridized carbons (Fsp3) is 0.571. The van der Waals surface area contributed by atoms with Crippen molar-refractivity contribution in [2.75, 3.05) is 46.3 Å². The lowest BCUT2D eigenvalue weighted by Gasteiger charge is -2.44. The number of hydrogen-bond acceptors (Lipinski definition) is 5. The van der Waals surface area contributed by atoms with Gasteiger partial charge in [0.25, 0.3) is 5.91 Å². The standard InChI is InChI=1S/C21H29N3O3/c1-14-4-5-16-15(2)20(27-19(16)12-14)21(26)24-7-6-17(18(25)13-24)23-10-8-22(3)9-11-23/h4-5,12,17-18,25H,6-11,13H2,1-3H3/t17-,18-/m1/s1. The second kappa shape index (κ2) is 7.26. The van der Waals surface area contributed by atoms with Crippen molar-refractivity contribution >= 4 is 16.9 Å². The number of piperidine rings is 1. The Morgan fingerprint density at radius 2 is 1.89 bits per heavy atom. The van der Waals surface area contributed by atoms with Gasteiger partial charge in [0.05, 0.1) is 6.10 Å². The number of piperazine rings is 1. The van der Waals surface area contributed by atoms with E-state index in [0.717, 1.165) is 54.7 Å². The van der Waals surface area contributed by atoms with Gasteiger partial charge in [-0.3, -0.25) is 9.69 Å². The topological polar surface area (TPSA) is 60.2 Å². The molecule has 2 saturated heterocycles. The average molecular weight is 371 g/mol. The summed E-state index contributed by atoms with van der Waals surface area (Å²) in [7, 11) is 2.13. The number of likely N-dealkylation sites (N-methyl/N-ethyl adjacent to an activating group) is 1. The first-order valence-corrected chi connectivity index (χ1v) is 9.83. The summed E-state index contributed by atoms with van der Waals surface area (Å²) >= 11 is 0. The predicted octanol–water partition coefficient (Wildman–Crippen LogP) is 1.87. The lowest BCUT2D eigenvalue weighted by molar-refractivity contribution is -0.0225. The highest BCUT2D eigenvalue weighted by Crippen LogP contribution is 2.28.